The van der Waals surface area contributed by atoms with Gasteiger partial charge in [0.2, 0.25) is 0 Å². The molecule has 1 radical (unpaired) electrons. The number of halogens is 1. The number of carbonyl (C=O) groups excluding carboxylic acids is 1. The molecule has 1 heterocycles. The molecular formula is C13H12BrN2O2. The van der Waals surface area contributed by atoms with Crippen LogP contribution >= 0.6 is 15.9 Å². The van der Waals surface area contributed by atoms with Crippen LogP contribution in [0.5, 0.6) is 0 Å². The number of aldehydes is 1. The van der Waals surface area contributed by atoms with Crippen molar-refractivity contribution in [2.45, 2.75) is 19.8 Å². The van der Waals surface area contributed by atoms with E-state index in [9.17, 15) is 9.59 Å². The van der Waals surface area contributed by atoms with E-state index >= 15 is 0 Å². The Morgan fingerprint density at radius 1 is 1.33 bits per heavy atom. The fourth-order valence-corrected chi connectivity index (χ4v) is 2.20. The number of hydrogen-bond acceptors (Lipinski definition) is 3. The molecule has 1 aromatic heterocycles. The highest BCUT2D eigenvalue weighted by molar-refractivity contribution is 9.10. The van der Waals surface area contributed by atoms with Gasteiger partial charge in [0.15, 0.2) is 0 Å². The van der Waals surface area contributed by atoms with E-state index in [4.69, 9.17) is 0 Å². The van der Waals surface area contributed by atoms with Gasteiger partial charge in [-0.2, -0.15) is 5.10 Å². The summed E-state index contributed by atoms with van der Waals surface area (Å²) in [5.74, 6) is 0.161. The molecule has 93 valence electrons. The SMILES string of the molecule is CC(C)c1nn([CH]C=O)c(=O)c2ccc(Br)cc12. The molecule has 2 rings (SSSR count). The van der Waals surface area contributed by atoms with Gasteiger partial charge in [0, 0.05) is 9.86 Å². The van der Waals surface area contributed by atoms with E-state index < -0.39 is 0 Å². The molecule has 0 aliphatic heterocycles. The van der Waals surface area contributed by atoms with E-state index in [1.807, 2.05) is 19.9 Å². The number of nitrogens with zero attached hydrogens (tertiary/aromatic N) is 2. The Kier molecular flexibility index (Phi) is 3.61. The number of rotatable bonds is 3. The highest BCUT2D eigenvalue weighted by Gasteiger charge is 2.13. The molecule has 2 aromatic rings. The van der Waals surface area contributed by atoms with Gasteiger partial charge in [-0.3, -0.25) is 4.79 Å². The maximum Gasteiger partial charge on any atom is 0.275 e. The van der Waals surface area contributed by atoms with Crippen molar-refractivity contribution in [3.05, 3.63) is 45.3 Å². The summed E-state index contributed by atoms with van der Waals surface area (Å²) in [6.07, 6.45) is 0.559. The van der Waals surface area contributed by atoms with Crippen LogP contribution in [-0.4, -0.2) is 16.1 Å². The molecule has 4 nitrogen and oxygen atoms in total. The van der Waals surface area contributed by atoms with Gasteiger partial charge in [-0.15, -0.1) is 0 Å². The minimum absolute atomic E-state index is 0.161. The normalized spacial score (nSPS) is 11.1. The fraction of sp³-hybridized carbons (Fsp3) is 0.231. The van der Waals surface area contributed by atoms with Gasteiger partial charge in [0.1, 0.15) is 12.8 Å². The maximum atomic E-state index is 12.1. The second kappa shape index (κ2) is 5.02. The Balaban J connectivity index is 2.87. The summed E-state index contributed by atoms with van der Waals surface area (Å²) in [4.78, 5) is 22.6. The molecule has 0 saturated heterocycles. The van der Waals surface area contributed by atoms with Crippen LogP contribution in [0.4, 0.5) is 0 Å². The number of hydrogen-bond donors (Lipinski definition) is 0. The third kappa shape index (κ3) is 2.22. The molecular weight excluding hydrogens is 296 g/mol. The van der Waals surface area contributed by atoms with E-state index in [1.54, 1.807) is 12.1 Å². The Morgan fingerprint density at radius 2 is 2.06 bits per heavy atom. The quantitative estimate of drug-likeness (QED) is 0.819. The summed E-state index contributed by atoms with van der Waals surface area (Å²) in [6, 6.07) is 5.42. The molecule has 18 heavy (non-hydrogen) atoms. The van der Waals surface area contributed by atoms with Crippen LogP contribution in [0.3, 0.4) is 0 Å². The molecule has 0 unspecified atom stereocenters. The largest absolute Gasteiger partial charge is 0.301 e. The van der Waals surface area contributed by atoms with Crippen molar-refractivity contribution >= 4 is 33.0 Å². The molecule has 0 N–H and O–H groups in total. The van der Waals surface area contributed by atoms with E-state index in [2.05, 4.69) is 21.0 Å². The zero-order valence-corrected chi connectivity index (χ0v) is 11.6. The first-order valence-electron chi connectivity index (χ1n) is 5.55. The summed E-state index contributed by atoms with van der Waals surface area (Å²) in [5.41, 5.74) is 0.512. The van der Waals surface area contributed by atoms with Crippen LogP contribution < -0.4 is 5.56 Å². The van der Waals surface area contributed by atoms with Crippen molar-refractivity contribution in [1.82, 2.24) is 9.78 Å². The lowest BCUT2D eigenvalue weighted by Crippen LogP contribution is -2.24. The maximum absolute atomic E-state index is 12.1. The summed E-state index contributed by atoms with van der Waals surface area (Å²) >= 11 is 3.39. The summed E-state index contributed by atoms with van der Waals surface area (Å²) < 4.78 is 1.99. The van der Waals surface area contributed by atoms with Crippen molar-refractivity contribution in [3.8, 4) is 0 Å². The van der Waals surface area contributed by atoms with Crippen molar-refractivity contribution < 1.29 is 4.79 Å². The molecule has 0 spiro atoms. The number of carbonyl (C=O) groups is 1. The third-order valence-corrected chi connectivity index (χ3v) is 3.15. The molecule has 1 aromatic carbocycles. The highest BCUT2D eigenvalue weighted by atomic mass is 79.9. The average Bonchev–Trinajstić information content (AvgIpc) is 2.32. The molecule has 5 heteroatoms. The predicted molar refractivity (Wildman–Crippen MR) is 73.6 cm³/mol. The van der Waals surface area contributed by atoms with Crippen LogP contribution in [0.1, 0.15) is 25.5 Å². The van der Waals surface area contributed by atoms with Crippen LogP contribution in [0.25, 0.3) is 10.8 Å². The lowest BCUT2D eigenvalue weighted by molar-refractivity contribution is -0.105. The van der Waals surface area contributed by atoms with Crippen LogP contribution in [-0.2, 0) is 4.79 Å². The minimum Gasteiger partial charge on any atom is -0.301 e. The molecule has 0 aliphatic rings. The standard InChI is InChI=1S/C13H12BrN2O2/c1-8(2)12-11-7-9(14)3-4-10(11)13(18)16(15-12)5-6-17/h3-8H,1-2H3. The number of aromatic nitrogens is 2. The van der Waals surface area contributed by atoms with Gasteiger partial charge in [-0.25, -0.2) is 4.68 Å². The van der Waals surface area contributed by atoms with Crippen molar-refractivity contribution in [3.63, 3.8) is 0 Å². The zero-order chi connectivity index (χ0) is 13.3. The molecule has 0 amide bonds. The number of benzene rings is 1. The first-order valence-corrected chi connectivity index (χ1v) is 6.34. The Labute approximate surface area is 113 Å². The van der Waals surface area contributed by atoms with Gasteiger partial charge in [-0.05, 0) is 24.1 Å². The molecule has 0 bridgehead atoms. The van der Waals surface area contributed by atoms with E-state index in [1.165, 1.54) is 0 Å². The van der Waals surface area contributed by atoms with Gasteiger partial charge in [0.25, 0.3) is 5.56 Å². The van der Waals surface area contributed by atoms with Crippen LogP contribution in [0, 0.1) is 6.54 Å². The van der Waals surface area contributed by atoms with E-state index in [0.29, 0.717) is 11.7 Å². The monoisotopic (exact) mass is 307 g/mol. The summed E-state index contributed by atoms with van der Waals surface area (Å²) in [5, 5.41) is 5.61. The van der Waals surface area contributed by atoms with E-state index in [0.717, 1.165) is 26.8 Å². The molecule has 0 atom stereocenters. The average molecular weight is 308 g/mol. The molecule has 0 fully saturated rings. The zero-order valence-electron chi connectivity index (χ0n) is 10.1. The topological polar surface area (TPSA) is 52.0 Å². The Bertz CT molecular complexity index is 662. The van der Waals surface area contributed by atoms with Crippen molar-refractivity contribution in [1.29, 1.82) is 0 Å². The lowest BCUT2D eigenvalue weighted by atomic mass is 10.0. The van der Waals surface area contributed by atoms with Crippen LogP contribution in [0.15, 0.2) is 27.5 Å². The number of fused-ring (bicyclic) bond motifs is 1. The minimum atomic E-state index is -0.283. The van der Waals surface area contributed by atoms with Gasteiger partial charge >= 0.3 is 0 Å². The highest BCUT2D eigenvalue weighted by Crippen LogP contribution is 2.24. The lowest BCUT2D eigenvalue weighted by Gasteiger charge is -2.11. The fourth-order valence-electron chi connectivity index (χ4n) is 1.84. The van der Waals surface area contributed by atoms with Gasteiger partial charge < -0.3 is 4.79 Å². The van der Waals surface area contributed by atoms with Gasteiger partial charge in [0.05, 0.1) is 11.1 Å². The molecule has 0 aliphatic carbocycles. The van der Waals surface area contributed by atoms with Crippen molar-refractivity contribution in [2.75, 3.05) is 0 Å². The first kappa shape index (κ1) is 13.0. The Morgan fingerprint density at radius 3 is 2.67 bits per heavy atom. The summed E-state index contributed by atoms with van der Waals surface area (Å²) in [6.45, 7) is 5.13. The molecule has 0 saturated carbocycles. The third-order valence-electron chi connectivity index (χ3n) is 2.66. The Hall–Kier alpha value is -1.49. The summed E-state index contributed by atoms with van der Waals surface area (Å²) in [7, 11) is 0. The van der Waals surface area contributed by atoms with Crippen LogP contribution in [0.2, 0.25) is 0 Å². The van der Waals surface area contributed by atoms with Crippen molar-refractivity contribution in [2.24, 2.45) is 0 Å². The first-order chi connectivity index (χ1) is 8.54. The predicted octanol–water partition coefficient (Wildman–Crippen LogP) is 2.49. The smallest absolute Gasteiger partial charge is 0.275 e. The second-order valence-electron chi connectivity index (χ2n) is 4.26. The second-order valence-corrected chi connectivity index (χ2v) is 5.18. The van der Waals surface area contributed by atoms with E-state index in [-0.39, 0.29) is 11.5 Å². The van der Waals surface area contributed by atoms with Gasteiger partial charge in [-0.1, -0.05) is 29.8 Å².